The molecule has 3 aromatic carbocycles. The Morgan fingerprint density at radius 1 is 0.750 bits per heavy atom. The Morgan fingerprint density at radius 3 is 1.97 bits per heavy atom. The Labute approximate surface area is 220 Å². The molecule has 0 amide bonds. The van der Waals surface area contributed by atoms with E-state index < -0.39 is 0 Å². The first kappa shape index (κ1) is 24.1. The third-order valence-electron chi connectivity index (χ3n) is 7.83. The van der Waals surface area contributed by atoms with Crippen molar-refractivity contribution in [3.05, 3.63) is 88.5 Å². The molecule has 0 N–H and O–H groups in total. The van der Waals surface area contributed by atoms with Gasteiger partial charge in [0.25, 0.3) is 0 Å². The molecule has 3 aliphatic rings. The second-order valence-corrected chi connectivity index (χ2v) is 12.5. The van der Waals surface area contributed by atoms with Crippen molar-refractivity contribution in [3.63, 3.8) is 0 Å². The molecule has 2 fully saturated rings. The Morgan fingerprint density at radius 2 is 1.39 bits per heavy atom. The first-order valence-corrected chi connectivity index (χ1v) is 14.9. The topological polar surface area (TPSA) is 36.9 Å². The number of benzene rings is 3. The van der Waals surface area contributed by atoms with E-state index in [4.69, 9.17) is 18.9 Å². The zero-order chi connectivity index (χ0) is 24.5. The molecule has 1 aliphatic carbocycles. The van der Waals surface area contributed by atoms with Gasteiger partial charge in [0.05, 0.1) is 0 Å². The van der Waals surface area contributed by atoms with Crippen LogP contribution in [0.2, 0.25) is 4.82 Å². The van der Waals surface area contributed by atoms with Gasteiger partial charge in [0.1, 0.15) is 0 Å². The molecule has 0 spiro atoms. The van der Waals surface area contributed by atoms with Crippen LogP contribution in [-0.2, 0) is 15.9 Å². The van der Waals surface area contributed by atoms with Crippen LogP contribution in [0.4, 0.5) is 0 Å². The number of rotatable bonds is 7. The van der Waals surface area contributed by atoms with Crippen LogP contribution in [-0.4, -0.2) is 42.4 Å². The minimum absolute atomic E-state index is 0.211. The van der Waals surface area contributed by atoms with Crippen LogP contribution in [0.1, 0.15) is 71.6 Å². The van der Waals surface area contributed by atoms with Gasteiger partial charge in [-0.2, -0.15) is 0 Å². The second-order valence-electron chi connectivity index (χ2n) is 9.92. The van der Waals surface area contributed by atoms with Gasteiger partial charge in [-0.3, -0.25) is 0 Å². The summed E-state index contributed by atoms with van der Waals surface area (Å²) in [7, 11) is 3.45. The first-order chi connectivity index (χ1) is 17.8. The van der Waals surface area contributed by atoms with E-state index in [1.165, 1.54) is 32.3 Å². The Kier molecular flexibility index (Phi) is 7.08. The SMILES string of the molecule is COc1cc2c(cc1OC)[C@H](c1ccccc1)[C@@H]([Se]c1c([C@@H]3CCCO3)cccc1[C@@H]1CCCO1)C2. The molecule has 0 radical (unpaired) electrons. The molecule has 36 heavy (non-hydrogen) atoms. The fourth-order valence-corrected chi connectivity index (χ4v) is 9.63. The van der Waals surface area contributed by atoms with Crippen molar-refractivity contribution in [1.82, 2.24) is 0 Å². The summed E-state index contributed by atoms with van der Waals surface area (Å²) in [5, 5.41) is 0. The summed E-state index contributed by atoms with van der Waals surface area (Å²) < 4.78 is 25.4. The van der Waals surface area contributed by atoms with Gasteiger partial charge >= 0.3 is 221 Å². The molecule has 0 unspecified atom stereocenters. The molecule has 2 aliphatic heterocycles. The summed E-state index contributed by atoms with van der Waals surface area (Å²) in [5.41, 5.74) is 6.93. The first-order valence-electron chi connectivity index (χ1n) is 13.1. The van der Waals surface area contributed by atoms with Gasteiger partial charge in [0, 0.05) is 0 Å². The summed E-state index contributed by atoms with van der Waals surface area (Å²) in [5.74, 6) is 1.96. The summed E-state index contributed by atoms with van der Waals surface area (Å²) in [6, 6.07) is 22.3. The molecular formula is C31H34O4Se. The Hall–Kier alpha value is -2.30. The molecule has 0 aromatic heterocycles. The predicted octanol–water partition coefficient (Wildman–Crippen LogP) is 5.91. The molecular weight excluding hydrogens is 515 g/mol. The van der Waals surface area contributed by atoms with E-state index in [-0.39, 0.29) is 27.2 Å². The molecule has 3 aromatic rings. The predicted molar refractivity (Wildman–Crippen MR) is 143 cm³/mol. The van der Waals surface area contributed by atoms with Gasteiger partial charge in [0.15, 0.2) is 0 Å². The fraction of sp³-hybridized carbons (Fsp3) is 0.419. The van der Waals surface area contributed by atoms with Crippen LogP contribution in [0.25, 0.3) is 0 Å². The van der Waals surface area contributed by atoms with Crippen molar-refractivity contribution in [2.24, 2.45) is 0 Å². The number of hydrogen-bond acceptors (Lipinski definition) is 4. The van der Waals surface area contributed by atoms with E-state index in [1.807, 2.05) is 0 Å². The average Bonchev–Trinajstić information content (AvgIpc) is 3.70. The molecule has 188 valence electrons. The fourth-order valence-electron chi connectivity index (χ4n) is 6.12. The van der Waals surface area contributed by atoms with Crippen LogP contribution in [0.5, 0.6) is 11.5 Å². The third kappa shape index (κ3) is 4.48. The standard InChI is InChI=1S/C31H34O4Se/c1-32-27-17-21-18-29(30(20-9-4-3-5-10-20)24(21)19-28(27)33-2)36-31-22(25-13-7-15-34-25)11-6-12-23(31)26-14-8-16-35-26/h3-6,9-12,17,19,25-26,29-30H,7-8,13-16,18H2,1-2H3/t25-,26-,29-,30-/m0/s1. The maximum absolute atomic E-state index is 6.23. The van der Waals surface area contributed by atoms with Gasteiger partial charge in [-0.25, -0.2) is 0 Å². The third-order valence-corrected chi connectivity index (χ3v) is 10.9. The van der Waals surface area contributed by atoms with E-state index in [0.717, 1.165) is 56.8 Å². The summed E-state index contributed by atoms with van der Waals surface area (Å²) >= 11 is 0.240. The van der Waals surface area contributed by atoms with Gasteiger partial charge < -0.3 is 0 Å². The van der Waals surface area contributed by atoms with Crippen molar-refractivity contribution in [1.29, 1.82) is 0 Å². The quantitative estimate of drug-likeness (QED) is 0.344. The molecule has 0 saturated carbocycles. The molecule has 5 heteroatoms. The van der Waals surface area contributed by atoms with Crippen LogP contribution < -0.4 is 13.9 Å². The zero-order valence-corrected chi connectivity index (χ0v) is 22.8. The van der Waals surface area contributed by atoms with Crippen molar-refractivity contribution >= 4 is 19.4 Å². The molecule has 4 nitrogen and oxygen atoms in total. The van der Waals surface area contributed by atoms with Crippen LogP contribution >= 0.6 is 0 Å². The zero-order valence-electron chi connectivity index (χ0n) is 21.1. The Balaban J connectivity index is 1.44. The second kappa shape index (κ2) is 10.6. The average molecular weight is 550 g/mol. The van der Waals surface area contributed by atoms with Crippen molar-refractivity contribution < 1.29 is 18.9 Å². The van der Waals surface area contributed by atoms with Crippen molar-refractivity contribution in [2.75, 3.05) is 27.4 Å². The van der Waals surface area contributed by atoms with Gasteiger partial charge in [0.2, 0.25) is 0 Å². The monoisotopic (exact) mass is 550 g/mol. The van der Waals surface area contributed by atoms with Crippen LogP contribution in [0.15, 0.2) is 60.7 Å². The van der Waals surface area contributed by atoms with Gasteiger partial charge in [-0.1, -0.05) is 0 Å². The van der Waals surface area contributed by atoms with Crippen molar-refractivity contribution in [3.8, 4) is 11.5 Å². The van der Waals surface area contributed by atoms with Crippen molar-refractivity contribution in [2.45, 2.75) is 55.0 Å². The van der Waals surface area contributed by atoms with Crippen LogP contribution in [0.3, 0.4) is 0 Å². The summed E-state index contributed by atoms with van der Waals surface area (Å²) in [6.45, 7) is 1.73. The maximum atomic E-state index is 6.23. The molecule has 4 atom stereocenters. The molecule has 0 bridgehead atoms. The molecule has 6 rings (SSSR count). The van der Waals surface area contributed by atoms with Gasteiger partial charge in [-0.05, 0) is 0 Å². The number of fused-ring (bicyclic) bond motifs is 1. The number of ether oxygens (including phenoxy) is 4. The number of methoxy groups -OCH3 is 2. The Bertz CT molecular complexity index is 1160. The summed E-state index contributed by atoms with van der Waals surface area (Å²) in [6.07, 6.45) is 5.97. The minimum atomic E-state index is 0.211. The van der Waals surface area contributed by atoms with E-state index in [0.29, 0.717) is 10.7 Å². The summed E-state index contributed by atoms with van der Waals surface area (Å²) in [4.78, 5) is 0.495. The van der Waals surface area contributed by atoms with E-state index in [2.05, 4.69) is 60.7 Å². The van der Waals surface area contributed by atoms with E-state index >= 15 is 0 Å². The number of hydrogen-bond donors (Lipinski definition) is 0. The van der Waals surface area contributed by atoms with Gasteiger partial charge in [-0.15, -0.1) is 0 Å². The van der Waals surface area contributed by atoms with E-state index in [9.17, 15) is 0 Å². The van der Waals surface area contributed by atoms with E-state index in [1.54, 1.807) is 14.2 Å². The molecule has 2 saturated heterocycles. The van der Waals surface area contributed by atoms with Crippen LogP contribution in [0, 0.1) is 0 Å². The normalized spacial score (nSPS) is 25.2. The molecule has 2 heterocycles.